The Morgan fingerprint density at radius 3 is 2.32 bits per heavy atom. The van der Waals surface area contributed by atoms with E-state index >= 15 is 0 Å². The molecule has 0 aromatic heterocycles. The van der Waals surface area contributed by atoms with Gasteiger partial charge in [-0.2, -0.15) is 0 Å². The van der Waals surface area contributed by atoms with Crippen molar-refractivity contribution in [2.75, 3.05) is 0 Å². The highest BCUT2D eigenvalue weighted by atomic mass is 32.2. The summed E-state index contributed by atoms with van der Waals surface area (Å²) in [6, 6.07) is 20.1. The fourth-order valence-corrected chi connectivity index (χ4v) is 2.17. The van der Waals surface area contributed by atoms with E-state index in [0.717, 1.165) is 11.1 Å². The molecule has 1 nitrogen and oxygen atoms in total. The van der Waals surface area contributed by atoms with Gasteiger partial charge in [-0.3, -0.25) is 0 Å². The lowest BCUT2D eigenvalue weighted by Crippen LogP contribution is -1.96. The molecule has 0 saturated carbocycles. The molecule has 2 aromatic carbocycles. The summed E-state index contributed by atoms with van der Waals surface area (Å²) in [5.41, 5.74) is 2.28. The Labute approximate surface area is 123 Å². The molecule has 0 spiro atoms. The van der Waals surface area contributed by atoms with Crippen molar-refractivity contribution in [3.8, 4) is 0 Å². The standard InChI is InChI=1S/C16H14OS2/c18-16(17-13-15-9-5-2-6-10-15)19-12-11-14-7-3-1-4-8-14/h1-12H,13H2/b12-11+. The van der Waals surface area contributed by atoms with E-state index in [0.29, 0.717) is 11.0 Å². The minimum absolute atomic E-state index is 0.520. The Hall–Kier alpha value is -1.58. The van der Waals surface area contributed by atoms with Crippen LogP contribution in [0.5, 0.6) is 0 Å². The molecule has 0 aliphatic carbocycles. The van der Waals surface area contributed by atoms with Crippen molar-refractivity contribution in [1.82, 2.24) is 0 Å². The van der Waals surface area contributed by atoms with Crippen LogP contribution in [0.15, 0.2) is 66.1 Å². The van der Waals surface area contributed by atoms with Gasteiger partial charge in [0.2, 0.25) is 4.38 Å². The van der Waals surface area contributed by atoms with E-state index in [9.17, 15) is 0 Å². The van der Waals surface area contributed by atoms with E-state index in [-0.39, 0.29) is 0 Å². The lowest BCUT2D eigenvalue weighted by Gasteiger charge is -2.04. The van der Waals surface area contributed by atoms with Crippen LogP contribution >= 0.6 is 24.0 Å². The van der Waals surface area contributed by atoms with Crippen molar-refractivity contribution in [1.29, 1.82) is 0 Å². The average Bonchev–Trinajstić information content (AvgIpc) is 2.47. The second kappa shape index (κ2) is 7.77. The van der Waals surface area contributed by atoms with Crippen molar-refractivity contribution < 1.29 is 4.74 Å². The van der Waals surface area contributed by atoms with Crippen LogP contribution in [0.4, 0.5) is 0 Å². The van der Waals surface area contributed by atoms with Crippen molar-refractivity contribution >= 4 is 34.4 Å². The summed E-state index contributed by atoms with van der Waals surface area (Å²) in [6.07, 6.45) is 2.02. The maximum Gasteiger partial charge on any atom is 0.224 e. The van der Waals surface area contributed by atoms with Crippen molar-refractivity contribution in [2.45, 2.75) is 6.61 Å². The fourth-order valence-electron chi connectivity index (χ4n) is 1.48. The molecule has 0 unspecified atom stereocenters. The predicted molar refractivity (Wildman–Crippen MR) is 86.9 cm³/mol. The molecule has 0 N–H and O–H groups in total. The van der Waals surface area contributed by atoms with Crippen LogP contribution in [-0.4, -0.2) is 4.38 Å². The van der Waals surface area contributed by atoms with Crippen molar-refractivity contribution in [2.24, 2.45) is 0 Å². The molecule has 0 aliphatic rings. The van der Waals surface area contributed by atoms with Gasteiger partial charge in [-0.25, -0.2) is 0 Å². The zero-order valence-electron chi connectivity index (χ0n) is 10.4. The third-order valence-electron chi connectivity index (χ3n) is 2.42. The Bertz CT molecular complexity index is 535. The number of thioether (sulfide) groups is 1. The second-order valence-electron chi connectivity index (χ2n) is 3.86. The Morgan fingerprint density at radius 1 is 1.00 bits per heavy atom. The van der Waals surface area contributed by atoms with Gasteiger partial charge in [-0.1, -0.05) is 60.7 Å². The Balaban J connectivity index is 1.75. The first-order valence-electron chi connectivity index (χ1n) is 5.93. The summed E-state index contributed by atoms with van der Waals surface area (Å²) in [6.45, 7) is 0.520. The Morgan fingerprint density at radius 2 is 1.63 bits per heavy atom. The van der Waals surface area contributed by atoms with Gasteiger partial charge in [-0.15, -0.1) is 0 Å². The smallest absolute Gasteiger partial charge is 0.224 e. The molecule has 0 amide bonds. The quantitative estimate of drug-likeness (QED) is 0.740. The lowest BCUT2D eigenvalue weighted by atomic mass is 10.2. The van der Waals surface area contributed by atoms with Crippen LogP contribution in [0.25, 0.3) is 6.08 Å². The van der Waals surface area contributed by atoms with Crippen LogP contribution in [0.3, 0.4) is 0 Å². The van der Waals surface area contributed by atoms with E-state index in [1.807, 2.05) is 72.1 Å². The molecule has 0 aliphatic heterocycles. The number of ether oxygens (including phenoxy) is 1. The highest BCUT2D eigenvalue weighted by molar-refractivity contribution is 8.24. The van der Waals surface area contributed by atoms with Crippen LogP contribution in [0, 0.1) is 0 Å². The number of hydrogen-bond donors (Lipinski definition) is 0. The summed E-state index contributed by atoms with van der Waals surface area (Å²) < 4.78 is 6.05. The molecule has 0 heterocycles. The minimum atomic E-state index is 0.520. The lowest BCUT2D eigenvalue weighted by molar-refractivity contribution is 0.310. The highest BCUT2D eigenvalue weighted by Gasteiger charge is 1.97. The number of rotatable bonds is 4. The monoisotopic (exact) mass is 286 g/mol. The molecule has 0 fully saturated rings. The zero-order chi connectivity index (χ0) is 13.3. The molecular formula is C16H14OS2. The van der Waals surface area contributed by atoms with Gasteiger partial charge < -0.3 is 4.74 Å². The van der Waals surface area contributed by atoms with Gasteiger partial charge in [-0.05, 0) is 46.6 Å². The number of benzene rings is 2. The van der Waals surface area contributed by atoms with Gasteiger partial charge >= 0.3 is 0 Å². The molecule has 19 heavy (non-hydrogen) atoms. The van der Waals surface area contributed by atoms with E-state index in [4.69, 9.17) is 17.0 Å². The molecule has 96 valence electrons. The SMILES string of the molecule is S=C(OCc1ccccc1)S/C=C/c1ccccc1. The van der Waals surface area contributed by atoms with Gasteiger partial charge in [0.05, 0.1) is 0 Å². The van der Waals surface area contributed by atoms with Gasteiger partial charge in [0.25, 0.3) is 0 Å². The number of thiocarbonyl (C=S) groups is 1. The fraction of sp³-hybridized carbons (Fsp3) is 0.0625. The summed E-state index contributed by atoms with van der Waals surface area (Å²) in [5, 5.41) is 1.95. The highest BCUT2D eigenvalue weighted by Crippen LogP contribution is 2.13. The van der Waals surface area contributed by atoms with E-state index < -0.39 is 0 Å². The van der Waals surface area contributed by atoms with E-state index in [2.05, 4.69) is 0 Å². The molecular weight excluding hydrogens is 272 g/mol. The first kappa shape index (κ1) is 13.8. The van der Waals surface area contributed by atoms with Crippen molar-refractivity contribution in [3.63, 3.8) is 0 Å². The summed E-state index contributed by atoms with van der Waals surface area (Å²) in [7, 11) is 0. The van der Waals surface area contributed by atoms with Crippen LogP contribution < -0.4 is 0 Å². The van der Waals surface area contributed by atoms with Crippen LogP contribution in [0.2, 0.25) is 0 Å². The number of hydrogen-bond acceptors (Lipinski definition) is 3. The largest absolute Gasteiger partial charge is 0.473 e. The molecule has 0 atom stereocenters. The first-order chi connectivity index (χ1) is 9.34. The Kier molecular flexibility index (Phi) is 5.66. The van der Waals surface area contributed by atoms with Gasteiger partial charge in [0.1, 0.15) is 6.61 Å². The molecule has 0 saturated heterocycles. The van der Waals surface area contributed by atoms with Gasteiger partial charge in [0, 0.05) is 0 Å². The summed E-state index contributed by atoms with van der Waals surface area (Å²) >= 11 is 6.58. The third-order valence-corrected chi connectivity index (χ3v) is 3.41. The molecule has 3 heteroatoms. The predicted octanol–water partition coefficient (Wildman–Crippen LogP) is 4.89. The summed E-state index contributed by atoms with van der Waals surface area (Å²) in [4.78, 5) is 0. The van der Waals surface area contributed by atoms with Crippen molar-refractivity contribution in [3.05, 3.63) is 77.2 Å². The molecule has 0 bridgehead atoms. The summed E-state index contributed by atoms with van der Waals surface area (Å²) in [5.74, 6) is 0. The van der Waals surface area contributed by atoms with E-state index in [1.54, 1.807) is 0 Å². The molecule has 2 rings (SSSR count). The van der Waals surface area contributed by atoms with Crippen LogP contribution in [-0.2, 0) is 11.3 Å². The normalized spacial score (nSPS) is 10.5. The maximum atomic E-state index is 5.51. The van der Waals surface area contributed by atoms with E-state index in [1.165, 1.54) is 11.8 Å². The zero-order valence-corrected chi connectivity index (χ0v) is 12.0. The first-order valence-corrected chi connectivity index (χ1v) is 7.22. The molecule has 2 aromatic rings. The average molecular weight is 286 g/mol. The van der Waals surface area contributed by atoms with Gasteiger partial charge in [0.15, 0.2) is 0 Å². The second-order valence-corrected chi connectivity index (χ2v) is 5.36. The maximum absolute atomic E-state index is 5.51. The minimum Gasteiger partial charge on any atom is -0.473 e. The van der Waals surface area contributed by atoms with Crippen LogP contribution in [0.1, 0.15) is 11.1 Å². The molecule has 0 radical (unpaired) electrons. The topological polar surface area (TPSA) is 9.23 Å². The third kappa shape index (κ3) is 5.28.